The van der Waals surface area contributed by atoms with Crippen molar-refractivity contribution in [2.45, 2.75) is 36.1 Å². The molecule has 3 rings (SSSR count). The number of nitriles is 1. The Balaban J connectivity index is 1.84. The number of carbonyl (C=O) groups excluding carboxylic acids is 1. The van der Waals surface area contributed by atoms with Crippen LogP contribution in [0.5, 0.6) is 0 Å². The number of benzene rings is 2. The first-order chi connectivity index (χ1) is 13.1. The first-order valence-corrected chi connectivity index (χ1v) is 10.3. The van der Waals surface area contributed by atoms with Gasteiger partial charge in [0.15, 0.2) is 0 Å². The van der Waals surface area contributed by atoms with Crippen molar-refractivity contribution in [3.05, 3.63) is 75.7 Å². The van der Waals surface area contributed by atoms with Crippen LogP contribution in [-0.2, 0) is 0 Å². The summed E-state index contributed by atoms with van der Waals surface area (Å²) < 4.78 is 0. The highest BCUT2D eigenvalue weighted by Crippen LogP contribution is 2.33. The lowest BCUT2D eigenvalue weighted by molar-refractivity contribution is 0.0932. The fourth-order valence-electron chi connectivity index (χ4n) is 2.62. The summed E-state index contributed by atoms with van der Waals surface area (Å²) in [5.41, 5.74) is 2.16. The number of aryl methyl sites for hydroxylation is 1. The lowest BCUT2D eigenvalue weighted by Crippen LogP contribution is -2.28. The predicted molar refractivity (Wildman–Crippen MR) is 109 cm³/mol. The molecule has 0 aliphatic rings. The van der Waals surface area contributed by atoms with Gasteiger partial charge in [0.1, 0.15) is 11.1 Å². The topological polar surface area (TPSA) is 65.8 Å². The van der Waals surface area contributed by atoms with Crippen molar-refractivity contribution in [2.75, 3.05) is 0 Å². The first kappa shape index (κ1) is 19.2. The van der Waals surface area contributed by atoms with Gasteiger partial charge in [-0.15, -0.1) is 11.3 Å². The molecule has 0 spiro atoms. The molecule has 1 atom stereocenters. The highest BCUT2D eigenvalue weighted by molar-refractivity contribution is 7.99. The number of thiazole rings is 1. The smallest absolute Gasteiger partial charge is 0.252 e. The summed E-state index contributed by atoms with van der Waals surface area (Å²) in [6, 6.07) is 17.0. The van der Waals surface area contributed by atoms with Gasteiger partial charge < -0.3 is 5.32 Å². The number of hydrogen-bond donors (Lipinski definition) is 1. The van der Waals surface area contributed by atoms with Crippen molar-refractivity contribution in [1.82, 2.24) is 10.3 Å². The van der Waals surface area contributed by atoms with Gasteiger partial charge >= 0.3 is 0 Å². The summed E-state index contributed by atoms with van der Waals surface area (Å²) in [7, 11) is 0. The average Bonchev–Trinajstić information content (AvgIpc) is 3.13. The summed E-state index contributed by atoms with van der Waals surface area (Å²) in [5, 5.41) is 15.3. The van der Waals surface area contributed by atoms with E-state index < -0.39 is 0 Å². The molecule has 2 aromatic carbocycles. The molecule has 0 aliphatic heterocycles. The number of hydrogen-bond acceptors (Lipinski definition) is 5. The summed E-state index contributed by atoms with van der Waals surface area (Å²) in [5.74, 6) is -0.132. The third kappa shape index (κ3) is 4.57. The zero-order valence-electron chi connectivity index (χ0n) is 15.1. The normalized spacial score (nSPS) is 11.6. The number of nitrogens with one attached hydrogen (secondary N) is 1. The van der Waals surface area contributed by atoms with Crippen molar-refractivity contribution in [3.63, 3.8) is 0 Å². The monoisotopic (exact) mass is 393 g/mol. The highest BCUT2D eigenvalue weighted by atomic mass is 32.2. The Morgan fingerprint density at radius 1 is 1.22 bits per heavy atom. The van der Waals surface area contributed by atoms with Crippen LogP contribution in [0.2, 0.25) is 0 Å². The van der Waals surface area contributed by atoms with Crippen LogP contribution in [0.25, 0.3) is 0 Å². The maximum Gasteiger partial charge on any atom is 0.252 e. The molecule has 0 saturated carbocycles. The molecule has 4 nitrogen and oxygen atoms in total. The molecule has 0 saturated heterocycles. The third-order valence-corrected chi connectivity index (χ3v) is 6.24. The molecule has 0 bridgehead atoms. The van der Waals surface area contributed by atoms with Crippen LogP contribution in [-0.4, -0.2) is 10.9 Å². The lowest BCUT2D eigenvalue weighted by Gasteiger charge is -2.16. The number of aromatic nitrogens is 1. The standard InChI is InChI=1S/C21H19N3OS2/c1-3-17(21-23-14(2)13-26-21)24-20(25)16-9-5-7-11-19(16)27-18-10-6-4-8-15(18)12-22/h4-11,13,17H,3H2,1-2H3,(H,24,25). The number of amides is 1. The minimum absolute atomic E-state index is 0.111. The van der Waals surface area contributed by atoms with Crippen molar-refractivity contribution in [2.24, 2.45) is 0 Å². The van der Waals surface area contributed by atoms with Crippen LogP contribution in [0.1, 0.15) is 46.0 Å². The lowest BCUT2D eigenvalue weighted by atomic mass is 10.1. The van der Waals surface area contributed by atoms with E-state index in [4.69, 9.17) is 0 Å². The molecule has 0 fully saturated rings. The molecule has 1 N–H and O–H groups in total. The second-order valence-electron chi connectivity index (χ2n) is 5.97. The molecule has 3 aromatic rings. The largest absolute Gasteiger partial charge is 0.343 e. The van der Waals surface area contributed by atoms with Crippen molar-refractivity contribution >= 4 is 29.0 Å². The van der Waals surface area contributed by atoms with Gasteiger partial charge in [-0.05, 0) is 37.6 Å². The predicted octanol–water partition coefficient (Wildman–Crippen LogP) is 5.36. The molecule has 0 radical (unpaired) electrons. The van der Waals surface area contributed by atoms with Crippen molar-refractivity contribution < 1.29 is 4.79 Å². The number of carbonyl (C=O) groups is 1. The van der Waals surface area contributed by atoms with Gasteiger partial charge in [0.25, 0.3) is 5.91 Å². The summed E-state index contributed by atoms with van der Waals surface area (Å²) in [4.78, 5) is 19.1. The van der Waals surface area contributed by atoms with Gasteiger partial charge in [-0.2, -0.15) is 5.26 Å². The third-order valence-electron chi connectivity index (χ3n) is 4.01. The second kappa shape index (κ2) is 8.85. The molecule has 1 heterocycles. The summed E-state index contributed by atoms with van der Waals surface area (Å²) >= 11 is 3.00. The fraction of sp³-hybridized carbons (Fsp3) is 0.190. The van der Waals surface area contributed by atoms with Crippen LogP contribution in [0, 0.1) is 18.3 Å². The SMILES string of the molecule is CCC(NC(=O)c1ccccc1Sc1ccccc1C#N)c1nc(C)cs1. The summed E-state index contributed by atoms with van der Waals surface area (Å²) in [6.45, 7) is 3.98. The zero-order valence-corrected chi connectivity index (χ0v) is 16.7. The van der Waals surface area contributed by atoms with E-state index in [1.165, 1.54) is 11.8 Å². The van der Waals surface area contributed by atoms with Crippen LogP contribution in [0.3, 0.4) is 0 Å². The molecule has 27 heavy (non-hydrogen) atoms. The Morgan fingerprint density at radius 2 is 1.93 bits per heavy atom. The Labute approximate surface area is 167 Å². The second-order valence-corrected chi connectivity index (χ2v) is 7.94. The van der Waals surface area contributed by atoms with Crippen LogP contribution in [0.4, 0.5) is 0 Å². The van der Waals surface area contributed by atoms with E-state index in [1.807, 2.05) is 61.7 Å². The van der Waals surface area contributed by atoms with Crippen LogP contribution >= 0.6 is 23.1 Å². The van der Waals surface area contributed by atoms with Gasteiger partial charge in [0.05, 0.1) is 17.2 Å². The Morgan fingerprint density at radius 3 is 2.59 bits per heavy atom. The highest BCUT2D eigenvalue weighted by Gasteiger charge is 2.19. The molecule has 0 aliphatic carbocycles. The van der Waals surface area contributed by atoms with Crippen LogP contribution < -0.4 is 5.32 Å². The van der Waals surface area contributed by atoms with Crippen LogP contribution in [0.15, 0.2) is 63.7 Å². The van der Waals surface area contributed by atoms with Crippen molar-refractivity contribution in [3.8, 4) is 6.07 Å². The molecule has 136 valence electrons. The van der Waals surface area contributed by atoms with Gasteiger partial charge in [-0.1, -0.05) is 43.0 Å². The van der Waals surface area contributed by atoms with E-state index in [1.54, 1.807) is 17.4 Å². The Bertz CT molecular complexity index is 991. The minimum atomic E-state index is -0.132. The van der Waals surface area contributed by atoms with E-state index in [0.29, 0.717) is 11.1 Å². The van der Waals surface area contributed by atoms with Gasteiger partial charge in [0.2, 0.25) is 0 Å². The zero-order chi connectivity index (χ0) is 19.2. The van der Waals surface area contributed by atoms with Gasteiger partial charge in [-0.3, -0.25) is 4.79 Å². The number of nitrogens with zero attached hydrogens (tertiary/aromatic N) is 2. The first-order valence-electron chi connectivity index (χ1n) is 8.61. The van der Waals surface area contributed by atoms with E-state index in [2.05, 4.69) is 16.4 Å². The molecule has 1 aromatic heterocycles. The number of rotatable bonds is 6. The minimum Gasteiger partial charge on any atom is -0.343 e. The van der Waals surface area contributed by atoms with Gasteiger partial charge in [-0.25, -0.2) is 4.98 Å². The quantitative estimate of drug-likeness (QED) is 0.612. The average molecular weight is 394 g/mol. The Hall–Kier alpha value is -2.62. The van der Waals surface area contributed by atoms with Gasteiger partial charge in [0, 0.05) is 20.9 Å². The maximum absolute atomic E-state index is 12.9. The summed E-state index contributed by atoms with van der Waals surface area (Å²) in [6.07, 6.45) is 0.769. The molecule has 1 unspecified atom stereocenters. The maximum atomic E-state index is 12.9. The van der Waals surface area contributed by atoms with E-state index >= 15 is 0 Å². The van der Waals surface area contributed by atoms with E-state index in [9.17, 15) is 10.1 Å². The molecular formula is C21H19N3OS2. The molecule has 1 amide bonds. The van der Waals surface area contributed by atoms with E-state index in [0.717, 1.165) is 26.9 Å². The fourth-order valence-corrected chi connectivity index (χ4v) is 4.57. The molecule has 6 heteroatoms. The van der Waals surface area contributed by atoms with E-state index in [-0.39, 0.29) is 11.9 Å². The Kier molecular flexibility index (Phi) is 6.28. The molecular weight excluding hydrogens is 374 g/mol. The van der Waals surface area contributed by atoms with Crippen molar-refractivity contribution in [1.29, 1.82) is 5.26 Å².